The minimum atomic E-state index is -0.0592. The van der Waals surface area contributed by atoms with Crippen molar-refractivity contribution in [2.75, 3.05) is 5.32 Å². The Hall–Kier alpha value is -4.18. The second-order valence-corrected chi connectivity index (χ2v) is 7.43. The lowest BCUT2D eigenvalue weighted by molar-refractivity contribution is -0.115. The lowest BCUT2D eigenvalue weighted by atomic mass is 10.0. The minimum Gasteiger partial charge on any atom is -0.323 e. The number of imidazole rings is 1. The lowest BCUT2D eigenvalue weighted by Crippen LogP contribution is -2.15. The number of hydrogen-bond donors (Lipinski definition) is 1. The van der Waals surface area contributed by atoms with Crippen molar-refractivity contribution in [2.24, 2.45) is 0 Å². The molecule has 0 aliphatic heterocycles. The SMILES string of the molecule is O=C(Cc1ccccc1)Nc1cccn2cc(-c3ccc(-c4ccccc4)cc3)nc12. The van der Waals surface area contributed by atoms with Gasteiger partial charge in [0.15, 0.2) is 5.65 Å². The Kier molecular flexibility index (Phi) is 5.03. The zero-order chi connectivity index (χ0) is 21.0. The highest BCUT2D eigenvalue weighted by molar-refractivity contribution is 5.95. The van der Waals surface area contributed by atoms with Crippen molar-refractivity contribution in [1.29, 1.82) is 0 Å². The smallest absolute Gasteiger partial charge is 0.228 e. The number of carbonyl (C=O) groups is 1. The monoisotopic (exact) mass is 403 g/mol. The van der Waals surface area contributed by atoms with Gasteiger partial charge in [0.25, 0.3) is 0 Å². The summed E-state index contributed by atoms with van der Waals surface area (Å²) in [6, 6.07) is 32.2. The molecule has 0 saturated carbocycles. The van der Waals surface area contributed by atoms with Crippen molar-refractivity contribution in [3.63, 3.8) is 0 Å². The van der Waals surface area contributed by atoms with Gasteiger partial charge in [-0.25, -0.2) is 4.98 Å². The van der Waals surface area contributed by atoms with Gasteiger partial charge >= 0.3 is 0 Å². The van der Waals surface area contributed by atoms with Gasteiger partial charge in [-0.15, -0.1) is 0 Å². The Morgan fingerprint density at radius 3 is 2.13 bits per heavy atom. The van der Waals surface area contributed by atoms with Crippen LogP contribution in [0.25, 0.3) is 28.0 Å². The number of rotatable bonds is 5. The van der Waals surface area contributed by atoms with E-state index in [2.05, 4.69) is 41.7 Å². The molecule has 2 heterocycles. The highest BCUT2D eigenvalue weighted by atomic mass is 16.1. The van der Waals surface area contributed by atoms with Crippen LogP contribution in [0.4, 0.5) is 5.69 Å². The molecule has 0 spiro atoms. The third-order valence-corrected chi connectivity index (χ3v) is 5.25. The molecule has 0 saturated heterocycles. The summed E-state index contributed by atoms with van der Waals surface area (Å²) in [5.41, 5.74) is 6.67. The van der Waals surface area contributed by atoms with Gasteiger partial charge in [0.05, 0.1) is 17.8 Å². The van der Waals surface area contributed by atoms with E-state index in [4.69, 9.17) is 4.98 Å². The van der Waals surface area contributed by atoms with Gasteiger partial charge in [-0.1, -0.05) is 84.9 Å². The Labute approximate surface area is 180 Å². The predicted molar refractivity (Wildman–Crippen MR) is 125 cm³/mol. The molecular weight excluding hydrogens is 382 g/mol. The van der Waals surface area contributed by atoms with Crippen molar-refractivity contribution in [2.45, 2.75) is 6.42 Å². The number of carbonyl (C=O) groups excluding carboxylic acids is 1. The molecule has 31 heavy (non-hydrogen) atoms. The molecule has 0 unspecified atom stereocenters. The quantitative estimate of drug-likeness (QED) is 0.400. The van der Waals surface area contributed by atoms with Crippen LogP contribution in [0.3, 0.4) is 0 Å². The molecule has 5 rings (SSSR count). The van der Waals surface area contributed by atoms with Crippen molar-refractivity contribution >= 4 is 17.2 Å². The second-order valence-electron chi connectivity index (χ2n) is 7.43. The van der Waals surface area contributed by atoms with E-state index < -0.39 is 0 Å². The highest BCUT2D eigenvalue weighted by Gasteiger charge is 2.11. The zero-order valence-electron chi connectivity index (χ0n) is 16.9. The van der Waals surface area contributed by atoms with Crippen molar-refractivity contribution in [1.82, 2.24) is 9.38 Å². The van der Waals surface area contributed by atoms with Gasteiger partial charge in [-0.05, 0) is 28.8 Å². The minimum absolute atomic E-state index is 0.0592. The van der Waals surface area contributed by atoms with Gasteiger partial charge in [-0.2, -0.15) is 0 Å². The van der Waals surface area contributed by atoms with Gasteiger partial charge in [0, 0.05) is 18.0 Å². The van der Waals surface area contributed by atoms with Crippen LogP contribution in [0.1, 0.15) is 5.56 Å². The van der Waals surface area contributed by atoms with E-state index in [0.29, 0.717) is 12.1 Å². The zero-order valence-corrected chi connectivity index (χ0v) is 16.9. The summed E-state index contributed by atoms with van der Waals surface area (Å²) in [6.45, 7) is 0. The Morgan fingerprint density at radius 2 is 1.39 bits per heavy atom. The van der Waals surface area contributed by atoms with Crippen molar-refractivity contribution in [3.8, 4) is 22.4 Å². The van der Waals surface area contributed by atoms with Crippen LogP contribution in [0.5, 0.6) is 0 Å². The maximum atomic E-state index is 12.5. The summed E-state index contributed by atoms with van der Waals surface area (Å²) < 4.78 is 1.94. The number of aromatic nitrogens is 2. The van der Waals surface area contributed by atoms with Crippen LogP contribution in [0.15, 0.2) is 109 Å². The van der Waals surface area contributed by atoms with Crippen LogP contribution < -0.4 is 5.32 Å². The summed E-state index contributed by atoms with van der Waals surface area (Å²) in [4.78, 5) is 17.3. The number of hydrogen-bond acceptors (Lipinski definition) is 2. The maximum Gasteiger partial charge on any atom is 0.228 e. The number of benzene rings is 3. The first-order valence-electron chi connectivity index (χ1n) is 10.2. The van der Waals surface area contributed by atoms with Gasteiger partial charge in [0.1, 0.15) is 0 Å². The maximum absolute atomic E-state index is 12.5. The predicted octanol–water partition coefficient (Wildman–Crippen LogP) is 5.85. The fourth-order valence-electron chi connectivity index (χ4n) is 3.69. The van der Waals surface area contributed by atoms with E-state index in [-0.39, 0.29) is 5.91 Å². The first kappa shape index (κ1) is 18.8. The molecule has 0 fully saturated rings. The molecule has 1 N–H and O–H groups in total. The molecule has 0 aliphatic carbocycles. The van der Waals surface area contributed by atoms with Gasteiger partial charge in [-0.3, -0.25) is 4.79 Å². The van der Waals surface area contributed by atoms with Gasteiger partial charge in [0.2, 0.25) is 5.91 Å². The lowest BCUT2D eigenvalue weighted by Gasteiger charge is -2.06. The molecule has 150 valence electrons. The molecule has 0 radical (unpaired) electrons. The summed E-state index contributed by atoms with van der Waals surface area (Å²) in [5, 5.41) is 3.01. The Morgan fingerprint density at radius 1 is 0.742 bits per heavy atom. The summed E-state index contributed by atoms with van der Waals surface area (Å²) in [7, 11) is 0. The number of fused-ring (bicyclic) bond motifs is 1. The topological polar surface area (TPSA) is 46.4 Å². The van der Waals surface area contributed by atoms with Crippen LogP contribution in [0, 0.1) is 0 Å². The average molecular weight is 403 g/mol. The van der Waals surface area contributed by atoms with E-state index in [1.807, 2.05) is 77.5 Å². The standard InChI is InChI=1S/C27H21N3O/c31-26(18-20-8-3-1-4-9-20)28-24-12-7-17-30-19-25(29-27(24)30)23-15-13-22(14-16-23)21-10-5-2-6-11-21/h1-17,19H,18H2,(H,28,31). The summed E-state index contributed by atoms with van der Waals surface area (Å²) in [6.07, 6.45) is 4.26. The third-order valence-electron chi connectivity index (χ3n) is 5.25. The number of anilines is 1. The molecule has 2 aromatic heterocycles. The molecule has 5 aromatic rings. The summed E-state index contributed by atoms with van der Waals surface area (Å²) in [5.74, 6) is -0.0592. The van der Waals surface area contributed by atoms with E-state index in [0.717, 1.165) is 22.5 Å². The normalized spacial score (nSPS) is 10.8. The number of amides is 1. The summed E-state index contributed by atoms with van der Waals surface area (Å²) >= 11 is 0. The molecular formula is C27H21N3O. The molecule has 1 amide bonds. The third kappa shape index (κ3) is 4.09. The fraction of sp³-hybridized carbons (Fsp3) is 0.0370. The van der Waals surface area contributed by atoms with E-state index >= 15 is 0 Å². The first-order valence-corrected chi connectivity index (χ1v) is 10.2. The van der Waals surface area contributed by atoms with Crippen LogP contribution in [-0.4, -0.2) is 15.3 Å². The number of nitrogens with zero attached hydrogens (tertiary/aromatic N) is 2. The average Bonchev–Trinajstić information content (AvgIpc) is 3.26. The van der Waals surface area contributed by atoms with Crippen molar-refractivity contribution < 1.29 is 4.79 Å². The van der Waals surface area contributed by atoms with Crippen LogP contribution in [0.2, 0.25) is 0 Å². The fourth-order valence-corrected chi connectivity index (χ4v) is 3.69. The number of nitrogens with one attached hydrogen (secondary N) is 1. The largest absolute Gasteiger partial charge is 0.323 e. The second kappa shape index (κ2) is 8.28. The van der Waals surface area contributed by atoms with Crippen molar-refractivity contribution in [3.05, 3.63) is 115 Å². The number of pyridine rings is 1. The molecule has 0 aliphatic rings. The molecule has 4 nitrogen and oxygen atoms in total. The first-order chi connectivity index (χ1) is 15.3. The Bertz CT molecular complexity index is 1320. The van der Waals surface area contributed by atoms with E-state index in [1.165, 1.54) is 11.1 Å². The molecule has 0 bridgehead atoms. The van der Waals surface area contributed by atoms with Gasteiger partial charge < -0.3 is 9.72 Å². The highest BCUT2D eigenvalue weighted by Crippen LogP contribution is 2.26. The van der Waals surface area contributed by atoms with Crippen LogP contribution >= 0.6 is 0 Å². The van der Waals surface area contributed by atoms with Crippen LogP contribution in [-0.2, 0) is 11.2 Å². The van der Waals surface area contributed by atoms with E-state index in [9.17, 15) is 4.79 Å². The molecule has 3 aromatic carbocycles. The molecule has 0 atom stereocenters. The van der Waals surface area contributed by atoms with E-state index in [1.54, 1.807) is 0 Å². The molecule has 4 heteroatoms. The Balaban J connectivity index is 1.40.